The molecule has 1 rings (SSSR count). The zero-order chi connectivity index (χ0) is 9.61. The lowest BCUT2D eigenvalue weighted by Gasteiger charge is -2.10. The number of aliphatic hydroxyl groups excluding tert-OH is 1. The molecule has 1 aliphatic rings. The lowest BCUT2D eigenvalue weighted by Crippen LogP contribution is -2.23. The predicted molar refractivity (Wildman–Crippen MR) is 51.6 cm³/mol. The van der Waals surface area contributed by atoms with E-state index in [0.717, 1.165) is 19.1 Å². The van der Waals surface area contributed by atoms with Crippen molar-refractivity contribution in [3.8, 4) is 0 Å². The Balaban J connectivity index is 0.000000211. The molecule has 0 aliphatic carbocycles. The van der Waals surface area contributed by atoms with E-state index in [-0.39, 0.29) is 12.7 Å². The van der Waals surface area contributed by atoms with Crippen LogP contribution in [0.2, 0.25) is 19.1 Å². The Labute approximate surface area is 75.5 Å². The fourth-order valence-electron chi connectivity index (χ4n) is 0.785. The molecule has 1 aliphatic heterocycles. The van der Waals surface area contributed by atoms with Crippen molar-refractivity contribution >= 4 is 8.32 Å². The Kier molecular flexibility index (Phi) is 5.74. The Morgan fingerprint density at radius 3 is 2.00 bits per heavy atom. The van der Waals surface area contributed by atoms with Crippen molar-refractivity contribution in [1.29, 1.82) is 0 Å². The largest absolute Gasteiger partial charge is 0.432 e. The van der Waals surface area contributed by atoms with Gasteiger partial charge in [-0.05, 0) is 19.1 Å². The van der Waals surface area contributed by atoms with Gasteiger partial charge in [-0.15, -0.1) is 0 Å². The molecule has 0 aromatic carbocycles. The third-order valence-corrected chi connectivity index (χ3v) is 3.19. The summed E-state index contributed by atoms with van der Waals surface area (Å²) >= 11 is 0. The second kappa shape index (κ2) is 5.69. The highest BCUT2D eigenvalue weighted by Gasteiger charge is 2.19. The van der Waals surface area contributed by atoms with E-state index in [4.69, 9.17) is 9.90 Å². The van der Waals surface area contributed by atoms with E-state index in [0.29, 0.717) is 0 Å². The number of hydrogen-bond donors (Lipinski definition) is 2. The second-order valence-electron chi connectivity index (χ2n) is 3.70. The maximum Gasteiger partial charge on any atom is 0.182 e. The van der Waals surface area contributed by atoms with Crippen LogP contribution in [-0.2, 0) is 4.74 Å². The first-order valence-corrected chi connectivity index (χ1v) is 7.60. The van der Waals surface area contributed by atoms with E-state index < -0.39 is 8.32 Å². The van der Waals surface area contributed by atoms with Crippen molar-refractivity contribution < 1.29 is 14.6 Å². The van der Waals surface area contributed by atoms with Crippen LogP contribution in [0.25, 0.3) is 0 Å². The van der Waals surface area contributed by atoms with Crippen LogP contribution < -0.4 is 0 Å². The summed E-state index contributed by atoms with van der Waals surface area (Å²) < 4.78 is 4.61. The van der Waals surface area contributed by atoms with E-state index in [2.05, 4.69) is 11.7 Å². The van der Waals surface area contributed by atoms with E-state index >= 15 is 0 Å². The van der Waals surface area contributed by atoms with Gasteiger partial charge in [0.15, 0.2) is 8.32 Å². The minimum absolute atomic E-state index is 0.190. The fourth-order valence-corrected chi connectivity index (χ4v) is 2.01. The van der Waals surface area contributed by atoms with Gasteiger partial charge in [0, 0.05) is 0 Å². The van der Waals surface area contributed by atoms with Gasteiger partial charge in [0.05, 0.1) is 13.2 Å². The van der Waals surface area contributed by atoms with E-state index in [1.165, 1.54) is 0 Å². The molecule has 0 aromatic heterocycles. The molecule has 0 bridgehead atoms. The van der Waals surface area contributed by atoms with Crippen LogP contribution >= 0.6 is 0 Å². The molecule has 0 aromatic rings. The summed E-state index contributed by atoms with van der Waals surface area (Å²) in [4.78, 5) is 9.16. The van der Waals surface area contributed by atoms with Crippen LogP contribution in [0.5, 0.6) is 0 Å². The zero-order valence-electron chi connectivity index (χ0n) is 8.21. The van der Waals surface area contributed by atoms with Crippen molar-refractivity contribution in [2.24, 2.45) is 0 Å². The lowest BCUT2D eigenvalue weighted by molar-refractivity contribution is 0.244. The Morgan fingerprint density at radius 2 is 2.00 bits per heavy atom. The summed E-state index contributed by atoms with van der Waals surface area (Å²) in [6.45, 7) is 6.99. The summed E-state index contributed by atoms with van der Waals surface area (Å²) in [5.74, 6) is 0. The van der Waals surface area contributed by atoms with Gasteiger partial charge in [0.2, 0.25) is 0 Å². The van der Waals surface area contributed by atoms with Gasteiger partial charge in [-0.3, -0.25) is 0 Å². The summed E-state index contributed by atoms with van der Waals surface area (Å²) in [6.07, 6.45) is 1.31. The highest BCUT2D eigenvalue weighted by atomic mass is 28.4. The smallest absolute Gasteiger partial charge is 0.182 e. The lowest BCUT2D eigenvalue weighted by atomic mass is 10.5. The Morgan fingerprint density at radius 1 is 1.50 bits per heavy atom. The first-order chi connectivity index (χ1) is 5.49. The van der Waals surface area contributed by atoms with Crippen molar-refractivity contribution in [2.75, 3.05) is 13.2 Å². The molecular formula is C8H20O3Si. The van der Waals surface area contributed by atoms with Crippen LogP contribution in [-0.4, -0.2) is 37.5 Å². The van der Waals surface area contributed by atoms with Crippen LogP contribution in [0.4, 0.5) is 0 Å². The number of ether oxygens (including phenoxy) is 1. The van der Waals surface area contributed by atoms with Crippen LogP contribution in [0.15, 0.2) is 0 Å². The maximum atomic E-state index is 9.16. The first-order valence-electron chi connectivity index (χ1n) is 4.44. The van der Waals surface area contributed by atoms with Gasteiger partial charge in [0.1, 0.15) is 6.10 Å². The van der Waals surface area contributed by atoms with Crippen LogP contribution in [0.1, 0.15) is 13.3 Å². The number of hydrogen-bond acceptors (Lipinski definition) is 3. The summed E-state index contributed by atoms with van der Waals surface area (Å²) in [6, 6.07) is 1.03. The minimum atomic E-state index is -1.66. The van der Waals surface area contributed by atoms with Crippen LogP contribution in [0, 0.1) is 0 Å². The van der Waals surface area contributed by atoms with Crippen molar-refractivity contribution in [1.82, 2.24) is 0 Å². The Bertz CT molecular complexity index is 107. The highest BCUT2D eigenvalue weighted by molar-refractivity contribution is 6.69. The zero-order valence-corrected chi connectivity index (χ0v) is 9.21. The highest BCUT2D eigenvalue weighted by Crippen LogP contribution is 2.05. The van der Waals surface area contributed by atoms with Crippen molar-refractivity contribution in [3.05, 3.63) is 0 Å². The Hall–Kier alpha value is 0.0969. The molecule has 0 spiro atoms. The molecule has 1 unspecified atom stereocenters. The monoisotopic (exact) mass is 192 g/mol. The topological polar surface area (TPSA) is 53.0 Å². The fraction of sp³-hybridized carbons (Fsp3) is 1.00. The molecular weight excluding hydrogens is 172 g/mol. The van der Waals surface area contributed by atoms with E-state index in [1.54, 1.807) is 0 Å². The van der Waals surface area contributed by atoms with E-state index in [1.807, 2.05) is 13.1 Å². The molecule has 0 radical (unpaired) electrons. The average Bonchev–Trinajstić information content (AvgIpc) is 2.66. The molecule has 3 nitrogen and oxygen atoms in total. The van der Waals surface area contributed by atoms with Gasteiger partial charge in [-0.1, -0.05) is 13.3 Å². The molecule has 1 heterocycles. The normalized spacial score (nSPS) is 21.2. The number of rotatable bonds is 3. The SMILES string of the molecule is CCC[Si](C)(C)O.OCC1CO1. The summed E-state index contributed by atoms with van der Waals surface area (Å²) in [5, 5.41) is 8.08. The number of epoxide rings is 1. The molecule has 74 valence electrons. The van der Waals surface area contributed by atoms with Gasteiger partial charge >= 0.3 is 0 Å². The molecule has 1 fully saturated rings. The van der Waals surface area contributed by atoms with Gasteiger partial charge in [-0.25, -0.2) is 0 Å². The molecule has 1 atom stereocenters. The first kappa shape index (κ1) is 12.1. The summed E-state index contributed by atoms with van der Waals surface area (Å²) in [5.41, 5.74) is 0. The second-order valence-corrected chi connectivity index (χ2v) is 7.83. The summed E-state index contributed by atoms with van der Waals surface area (Å²) in [7, 11) is -1.66. The van der Waals surface area contributed by atoms with Gasteiger partial charge in [0.25, 0.3) is 0 Å². The van der Waals surface area contributed by atoms with Crippen molar-refractivity contribution in [2.45, 2.75) is 38.6 Å². The quantitative estimate of drug-likeness (QED) is 0.517. The van der Waals surface area contributed by atoms with Gasteiger partial charge < -0.3 is 14.6 Å². The average molecular weight is 192 g/mol. The third kappa shape index (κ3) is 10.1. The minimum Gasteiger partial charge on any atom is -0.432 e. The molecule has 4 heteroatoms. The standard InChI is InChI=1S/C5H14OSi.C3H6O2/c1-4-5-7(2,3)6;4-1-3-2-5-3/h6H,4-5H2,1-3H3;3-4H,1-2H2. The molecule has 1 saturated heterocycles. The van der Waals surface area contributed by atoms with Crippen molar-refractivity contribution in [3.63, 3.8) is 0 Å². The van der Waals surface area contributed by atoms with Gasteiger partial charge in [-0.2, -0.15) is 0 Å². The van der Waals surface area contributed by atoms with E-state index in [9.17, 15) is 0 Å². The van der Waals surface area contributed by atoms with Crippen LogP contribution in [0.3, 0.4) is 0 Å². The predicted octanol–water partition coefficient (Wildman–Crippen LogP) is 0.971. The number of aliphatic hydroxyl groups is 1. The third-order valence-electron chi connectivity index (χ3n) is 1.47. The molecule has 12 heavy (non-hydrogen) atoms. The molecule has 0 saturated carbocycles. The molecule has 2 N–H and O–H groups in total. The molecule has 0 amide bonds. The maximum absolute atomic E-state index is 9.16.